The second kappa shape index (κ2) is 6.91. The summed E-state index contributed by atoms with van der Waals surface area (Å²) in [6.07, 6.45) is 5.20. The number of nitrogens with one attached hydrogen (secondary N) is 1. The molecule has 0 amide bonds. The number of hydrogen-bond donors (Lipinski definition) is 1. The zero-order valence-electron chi connectivity index (χ0n) is 11.6. The van der Waals surface area contributed by atoms with Gasteiger partial charge in [0, 0.05) is 19.2 Å². The van der Waals surface area contributed by atoms with Crippen LogP contribution in [0.2, 0.25) is 0 Å². The zero-order valence-corrected chi connectivity index (χ0v) is 11.6. The molecule has 18 heavy (non-hydrogen) atoms. The lowest BCUT2D eigenvalue weighted by Crippen LogP contribution is -2.38. The smallest absolute Gasteiger partial charge is 0.0589 e. The van der Waals surface area contributed by atoms with Crippen molar-refractivity contribution in [2.75, 3.05) is 6.61 Å². The summed E-state index contributed by atoms with van der Waals surface area (Å²) in [6.45, 7) is 6.31. The van der Waals surface area contributed by atoms with Gasteiger partial charge >= 0.3 is 0 Å². The average Bonchev–Trinajstić information content (AvgIpc) is 2.39. The van der Waals surface area contributed by atoms with Crippen LogP contribution in [0, 0.1) is 6.92 Å². The molecule has 0 spiro atoms. The van der Waals surface area contributed by atoms with Gasteiger partial charge in [-0.05, 0) is 37.3 Å². The molecule has 1 fully saturated rings. The highest BCUT2D eigenvalue weighted by atomic mass is 16.5. The van der Waals surface area contributed by atoms with Gasteiger partial charge < -0.3 is 10.1 Å². The van der Waals surface area contributed by atoms with Gasteiger partial charge in [-0.1, -0.05) is 37.6 Å². The van der Waals surface area contributed by atoms with Crippen molar-refractivity contribution in [2.45, 2.75) is 58.2 Å². The van der Waals surface area contributed by atoms with E-state index in [0.717, 1.165) is 19.6 Å². The van der Waals surface area contributed by atoms with Gasteiger partial charge in [-0.15, -0.1) is 0 Å². The van der Waals surface area contributed by atoms with Crippen LogP contribution in [0.3, 0.4) is 0 Å². The fraction of sp³-hybridized carbons (Fsp3) is 0.625. The molecule has 0 saturated carbocycles. The van der Waals surface area contributed by atoms with Crippen molar-refractivity contribution in [1.29, 1.82) is 0 Å². The molecule has 1 heterocycles. The largest absolute Gasteiger partial charge is 0.378 e. The maximum absolute atomic E-state index is 5.78. The molecule has 1 N–H and O–H groups in total. The van der Waals surface area contributed by atoms with Gasteiger partial charge in [-0.2, -0.15) is 0 Å². The summed E-state index contributed by atoms with van der Waals surface area (Å²) >= 11 is 0. The Hall–Kier alpha value is -0.860. The quantitative estimate of drug-likeness (QED) is 0.860. The summed E-state index contributed by atoms with van der Waals surface area (Å²) in [5.41, 5.74) is 2.79. The molecule has 2 rings (SSSR count). The third-order valence-corrected chi connectivity index (χ3v) is 3.82. The second-order valence-electron chi connectivity index (χ2n) is 5.31. The SMILES string of the molecule is CCCC1CC(NCc2ccccc2C)CCO1. The highest BCUT2D eigenvalue weighted by Crippen LogP contribution is 2.18. The summed E-state index contributed by atoms with van der Waals surface area (Å²) in [7, 11) is 0. The van der Waals surface area contributed by atoms with E-state index in [1.54, 1.807) is 0 Å². The van der Waals surface area contributed by atoms with Gasteiger partial charge in [-0.25, -0.2) is 0 Å². The van der Waals surface area contributed by atoms with Crippen LogP contribution in [-0.4, -0.2) is 18.8 Å². The number of aryl methyl sites for hydroxylation is 1. The van der Waals surface area contributed by atoms with Gasteiger partial charge in [0.15, 0.2) is 0 Å². The molecular weight excluding hydrogens is 222 g/mol. The standard InChI is InChI=1S/C16H25NO/c1-3-6-16-11-15(9-10-18-16)17-12-14-8-5-4-7-13(14)2/h4-5,7-8,15-17H,3,6,9-12H2,1-2H3. The molecule has 100 valence electrons. The zero-order chi connectivity index (χ0) is 12.8. The first-order valence-corrected chi connectivity index (χ1v) is 7.19. The maximum Gasteiger partial charge on any atom is 0.0589 e. The highest BCUT2D eigenvalue weighted by molar-refractivity contribution is 5.25. The van der Waals surface area contributed by atoms with Gasteiger partial charge in [0.05, 0.1) is 6.10 Å². The van der Waals surface area contributed by atoms with E-state index in [2.05, 4.69) is 43.4 Å². The van der Waals surface area contributed by atoms with E-state index in [0.29, 0.717) is 12.1 Å². The van der Waals surface area contributed by atoms with Crippen LogP contribution in [0.5, 0.6) is 0 Å². The third kappa shape index (κ3) is 3.82. The Morgan fingerprint density at radius 2 is 2.17 bits per heavy atom. The summed E-state index contributed by atoms with van der Waals surface area (Å²) in [5, 5.41) is 3.69. The molecule has 0 aliphatic carbocycles. The normalized spacial score (nSPS) is 24.1. The molecule has 0 bridgehead atoms. The lowest BCUT2D eigenvalue weighted by Gasteiger charge is -2.30. The molecule has 0 radical (unpaired) electrons. The van der Waals surface area contributed by atoms with E-state index < -0.39 is 0 Å². The van der Waals surface area contributed by atoms with Gasteiger partial charge in [0.1, 0.15) is 0 Å². The predicted octanol–water partition coefficient (Wildman–Crippen LogP) is 3.43. The van der Waals surface area contributed by atoms with E-state index in [4.69, 9.17) is 4.74 Å². The van der Waals surface area contributed by atoms with E-state index in [-0.39, 0.29) is 0 Å². The molecule has 2 atom stereocenters. The lowest BCUT2D eigenvalue weighted by molar-refractivity contribution is -0.00343. The topological polar surface area (TPSA) is 21.3 Å². The highest BCUT2D eigenvalue weighted by Gasteiger charge is 2.21. The van der Waals surface area contributed by atoms with Crippen molar-refractivity contribution in [3.63, 3.8) is 0 Å². The molecule has 1 saturated heterocycles. The Labute approximate surface area is 111 Å². The lowest BCUT2D eigenvalue weighted by atomic mass is 9.99. The van der Waals surface area contributed by atoms with Gasteiger partial charge in [0.25, 0.3) is 0 Å². The fourth-order valence-corrected chi connectivity index (χ4v) is 2.65. The molecule has 2 unspecified atom stereocenters. The molecule has 2 heteroatoms. The van der Waals surface area contributed by atoms with Crippen molar-refractivity contribution in [3.8, 4) is 0 Å². The first-order chi connectivity index (χ1) is 8.79. The summed E-state index contributed by atoms with van der Waals surface area (Å²) in [4.78, 5) is 0. The second-order valence-corrected chi connectivity index (χ2v) is 5.31. The predicted molar refractivity (Wildman–Crippen MR) is 75.7 cm³/mol. The fourth-order valence-electron chi connectivity index (χ4n) is 2.65. The monoisotopic (exact) mass is 247 g/mol. The van der Waals surface area contributed by atoms with E-state index >= 15 is 0 Å². The van der Waals surface area contributed by atoms with Crippen molar-refractivity contribution in [1.82, 2.24) is 5.32 Å². The number of ether oxygens (including phenoxy) is 1. The Morgan fingerprint density at radius 3 is 2.94 bits per heavy atom. The molecular formula is C16H25NO. The van der Waals surface area contributed by atoms with E-state index in [1.807, 2.05) is 0 Å². The van der Waals surface area contributed by atoms with Crippen molar-refractivity contribution in [3.05, 3.63) is 35.4 Å². The average molecular weight is 247 g/mol. The minimum atomic E-state index is 0.470. The van der Waals surface area contributed by atoms with Crippen LogP contribution in [0.1, 0.15) is 43.7 Å². The first kappa shape index (κ1) is 13.6. The minimum Gasteiger partial charge on any atom is -0.378 e. The van der Waals surface area contributed by atoms with Crippen LogP contribution in [0.4, 0.5) is 0 Å². The molecule has 1 aliphatic rings. The summed E-state index contributed by atoms with van der Waals surface area (Å²) in [5.74, 6) is 0. The number of rotatable bonds is 5. The Kier molecular flexibility index (Phi) is 5.21. The third-order valence-electron chi connectivity index (χ3n) is 3.82. The van der Waals surface area contributed by atoms with Crippen LogP contribution in [0.25, 0.3) is 0 Å². The first-order valence-electron chi connectivity index (χ1n) is 7.19. The molecule has 1 aliphatic heterocycles. The number of benzene rings is 1. The number of hydrogen-bond acceptors (Lipinski definition) is 2. The van der Waals surface area contributed by atoms with Crippen LogP contribution in [-0.2, 0) is 11.3 Å². The van der Waals surface area contributed by atoms with Crippen LogP contribution < -0.4 is 5.32 Å². The Bertz CT molecular complexity index is 362. The minimum absolute atomic E-state index is 0.470. The van der Waals surface area contributed by atoms with Crippen molar-refractivity contribution in [2.24, 2.45) is 0 Å². The Balaban J connectivity index is 1.81. The Morgan fingerprint density at radius 1 is 1.33 bits per heavy atom. The van der Waals surface area contributed by atoms with Crippen LogP contribution in [0.15, 0.2) is 24.3 Å². The van der Waals surface area contributed by atoms with E-state index in [9.17, 15) is 0 Å². The molecule has 0 aromatic heterocycles. The van der Waals surface area contributed by atoms with Gasteiger partial charge in [0.2, 0.25) is 0 Å². The van der Waals surface area contributed by atoms with E-state index in [1.165, 1.54) is 30.4 Å². The van der Waals surface area contributed by atoms with Crippen molar-refractivity contribution >= 4 is 0 Å². The van der Waals surface area contributed by atoms with Crippen molar-refractivity contribution < 1.29 is 4.74 Å². The maximum atomic E-state index is 5.78. The molecule has 1 aromatic carbocycles. The van der Waals surface area contributed by atoms with Gasteiger partial charge in [-0.3, -0.25) is 0 Å². The molecule has 2 nitrogen and oxygen atoms in total. The van der Waals surface area contributed by atoms with Crippen LogP contribution >= 0.6 is 0 Å². The molecule has 1 aromatic rings. The summed E-state index contributed by atoms with van der Waals surface area (Å²) in [6, 6.07) is 9.24. The summed E-state index contributed by atoms with van der Waals surface area (Å²) < 4.78 is 5.78.